The molecule has 0 atom stereocenters. The second-order valence-corrected chi connectivity index (χ2v) is 7.89. The van der Waals surface area contributed by atoms with Crippen LogP contribution in [0.3, 0.4) is 0 Å². The lowest BCUT2D eigenvalue weighted by Crippen LogP contribution is -2.21. The number of H-pyrrole nitrogens is 2. The van der Waals surface area contributed by atoms with Gasteiger partial charge < -0.3 is 21.8 Å². The van der Waals surface area contributed by atoms with Gasteiger partial charge in [0.15, 0.2) is 11.4 Å². The van der Waals surface area contributed by atoms with E-state index in [2.05, 4.69) is 30.2 Å². The Morgan fingerprint density at radius 3 is 2.97 bits per heavy atom. The molecule has 152 valence electrons. The van der Waals surface area contributed by atoms with Crippen molar-refractivity contribution in [1.82, 2.24) is 19.9 Å². The molecule has 0 aliphatic carbocycles. The Labute approximate surface area is 173 Å². The number of anilines is 1. The molecule has 0 spiro atoms. The number of rotatable bonds is 9. The minimum atomic E-state index is -0.241. The van der Waals surface area contributed by atoms with Crippen LogP contribution in [0.1, 0.15) is 17.0 Å². The number of nitrogens with zero attached hydrogens (tertiary/aromatic N) is 3. The van der Waals surface area contributed by atoms with Gasteiger partial charge in [0.25, 0.3) is 5.56 Å². The third-order valence-electron chi connectivity index (χ3n) is 3.64. The van der Waals surface area contributed by atoms with Crippen molar-refractivity contribution in [1.29, 1.82) is 0 Å². The molecule has 0 bridgehead atoms. The SMILES string of the molecule is NC(N)=Nc1nc(CSCCNc2ncc(Cc3cc(=O)cc[nH]3)c(=O)[nH]2)cs1. The van der Waals surface area contributed by atoms with E-state index in [0.29, 0.717) is 35.3 Å². The summed E-state index contributed by atoms with van der Waals surface area (Å²) in [5.41, 5.74) is 12.4. The van der Waals surface area contributed by atoms with Gasteiger partial charge in [0.1, 0.15) is 0 Å². The van der Waals surface area contributed by atoms with Crippen LogP contribution in [0.2, 0.25) is 0 Å². The molecule has 12 heteroatoms. The molecule has 0 aromatic carbocycles. The molecule has 0 aliphatic rings. The number of nitrogens with two attached hydrogens (primary N) is 2. The lowest BCUT2D eigenvalue weighted by atomic mass is 10.2. The van der Waals surface area contributed by atoms with E-state index < -0.39 is 0 Å². The molecule has 3 heterocycles. The van der Waals surface area contributed by atoms with E-state index >= 15 is 0 Å². The van der Waals surface area contributed by atoms with Gasteiger partial charge in [-0.25, -0.2) is 9.97 Å². The number of guanidine groups is 1. The van der Waals surface area contributed by atoms with Gasteiger partial charge in [0.05, 0.1) is 5.69 Å². The maximum atomic E-state index is 12.2. The normalized spacial score (nSPS) is 10.6. The third kappa shape index (κ3) is 6.47. The number of aliphatic imine (C=N–C) groups is 1. The number of nitrogens with one attached hydrogen (secondary N) is 3. The van der Waals surface area contributed by atoms with E-state index in [-0.39, 0.29) is 16.9 Å². The van der Waals surface area contributed by atoms with Crippen molar-refractivity contribution in [2.75, 3.05) is 17.6 Å². The molecule has 0 amide bonds. The van der Waals surface area contributed by atoms with Crippen molar-refractivity contribution < 1.29 is 0 Å². The van der Waals surface area contributed by atoms with Gasteiger partial charge in [0, 0.05) is 65.6 Å². The summed E-state index contributed by atoms with van der Waals surface area (Å²) >= 11 is 3.07. The molecule has 0 unspecified atom stereocenters. The highest BCUT2D eigenvalue weighted by Crippen LogP contribution is 2.21. The summed E-state index contributed by atoms with van der Waals surface area (Å²) in [5.74, 6) is 1.93. The van der Waals surface area contributed by atoms with Gasteiger partial charge in [0.2, 0.25) is 11.1 Å². The number of pyridine rings is 1. The third-order valence-corrected chi connectivity index (χ3v) is 5.42. The van der Waals surface area contributed by atoms with E-state index in [0.717, 1.165) is 17.2 Å². The van der Waals surface area contributed by atoms with Crippen molar-refractivity contribution in [3.05, 3.63) is 67.4 Å². The summed E-state index contributed by atoms with van der Waals surface area (Å²) in [4.78, 5) is 41.7. The van der Waals surface area contributed by atoms with E-state index in [1.54, 1.807) is 18.0 Å². The average Bonchev–Trinajstić information content (AvgIpc) is 3.10. The summed E-state index contributed by atoms with van der Waals surface area (Å²) in [6.45, 7) is 0.629. The fourth-order valence-corrected chi connectivity index (χ4v) is 3.94. The van der Waals surface area contributed by atoms with E-state index in [9.17, 15) is 9.59 Å². The fraction of sp³-hybridized carbons (Fsp3) is 0.235. The molecule has 3 aromatic rings. The zero-order chi connectivity index (χ0) is 20.6. The highest BCUT2D eigenvalue weighted by atomic mass is 32.2. The van der Waals surface area contributed by atoms with Gasteiger partial charge >= 0.3 is 0 Å². The van der Waals surface area contributed by atoms with Crippen molar-refractivity contribution in [3.8, 4) is 0 Å². The van der Waals surface area contributed by atoms with Crippen LogP contribution in [0.15, 0.2) is 44.5 Å². The fourth-order valence-electron chi connectivity index (χ4n) is 2.38. The Kier molecular flexibility index (Phi) is 7.03. The van der Waals surface area contributed by atoms with Crippen LogP contribution < -0.4 is 27.8 Å². The summed E-state index contributed by atoms with van der Waals surface area (Å²) < 4.78 is 0. The minimum absolute atomic E-state index is 0.00711. The number of hydrogen-bond acceptors (Lipinski definition) is 8. The zero-order valence-electron chi connectivity index (χ0n) is 15.3. The Morgan fingerprint density at radius 1 is 1.34 bits per heavy atom. The van der Waals surface area contributed by atoms with Gasteiger partial charge in [-0.3, -0.25) is 14.6 Å². The van der Waals surface area contributed by atoms with Crippen LogP contribution >= 0.6 is 23.1 Å². The van der Waals surface area contributed by atoms with E-state index in [4.69, 9.17) is 11.5 Å². The maximum absolute atomic E-state index is 12.2. The highest BCUT2D eigenvalue weighted by Gasteiger charge is 2.05. The van der Waals surface area contributed by atoms with Crippen LogP contribution in [-0.4, -0.2) is 38.2 Å². The number of thioether (sulfide) groups is 1. The Hall–Kier alpha value is -3.12. The van der Waals surface area contributed by atoms with Crippen LogP contribution in [-0.2, 0) is 12.2 Å². The standard InChI is InChI=1S/C17H20N8O2S2/c18-15(19)25-17-23-12(9-29-17)8-28-4-3-21-16-22-7-10(14(27)24-16)5-11-6-13(26)1-2-20-11/h1-2,6-7,9H,3-5,8H2,(H,20,26)(H4,18,19,23,25)(H2,21,22,24,27). The van der Waals surface area contributed by atoms with Crippen LogP contribution in [0.25, 0.3) is 0 Å². The molecule has 0 saturated carbocycles. The quantitative estimate of drug-likeness (QED) is 0.187. The second kappa shape index (κ2) is 9.89. The first-order chi connectivity index (χ1) is 14.0. The summed E-state index contributed by atoms with van der Waals surface area (Å²) in [7, 11) is 0. The van der Waals surface area contributed by atoms with Crippen molar-refractivity contribution in [3.63, 3.8) is 0 Å². The number of thiazole rings is 1. The Balaban J connectivity index is 1.44. The monoisotopic (exact) mass is 432 g/mol. The van der Waals surface area contributed by atoms with Gasteiger partial charge in [-0.1, -0.05) is 0 Å². The molecule has 3 rings (SSSR count). The molecule has 3 aromatic heterocycles. The van der Waals surface area contributed by atoms with Crippen LogP contribution in [0.4, 0.5) is 11.1 Å². The molecular weight excluding hydrogens is 412 g/mol. The van der Waals surface area contributed by atoms with Crippen molar-refractivity contribution >= 4 is 40.1 Å². The summed E-state index contributed by atoms with van der Waals surface area (Å²) in [5, 5.41) is 5.54. The predicted octanol–water partition coefficient (Wildman–Crippen LogP) is 0.756. The summed E-state index contributed by atoms with van der Waals surface area (Å²) in [6, 6.07) is 2.89. The number of hydrogen-bond donors (Lipinski definition) is 5. The highest BCUT2D eigenvalue weighted by molar-refractivity contribution is 7.98. The Morgan fingerprint density at radius 2 is 2.21 bits per heavy atom. The number of aromatic nitrogens is 4. The first-order valence-corrected chi connectivity index (χ1v) is 10.6. The second-order valence-electron chi connectivity index (χ2n) is 5.95. The Bertz CT molecular complexity index is 1100. The predicted molar refractivity (Wildman–Crippen MR) is 117 cm³/mol. The topological polar surface area (TPSA) is 168 Å². The maximum Gasteiger partial charge on any atom is 0.255 e. The molecule has 0 saturated heterocycles. The van der Waals surface area contributed by atoms with Crippen molar-refractivity contribution in [2.45, 2.75) is 12.2 Å². The number of aromatic amines is 2. The van der Waals surface area contributed by atoms with Crippen LogP contribution in [0.5, 0.6) is 0 Å². The lowest BCUT2D eigenvalue weighted by Gasteiger charge is -2.06. The average molecular weight is 433 g/mol. The van der Waals surface area contributed by atoms with Crippen LogP contribution in [0, 0.1) is 0 Å². The minimum Gasteiger partial charge on any atom is -0.370 e. The van der Waals surface area contributed by atoms with Gasteiger partial charge in [-0.2, -0.15) is 16.8 Å². The molecule has 10 nitrogen and oxygen atoms in total. The van der Waals surface area contributed by atoms with E-state index in [1.807, 2.05) is 5.38 Å². The smallest absolute Gasteiger partial charge is 0.255 e. The molecule has 0 aliphatic heterocycles. The molecule has 29 heavy (non-hydrogen) atoms. The first-order valence-electron chi connectivity index (χ1n) is 8.61. The van der Waals surface area contributed by atoms with Gasteiger partial charge in [-0.15, -0.1) is 11.3 Å². The lowest BCUT2D eigenvalue weighted by molar-refractivity contribution is 0.980. The van der Waals surface area contributed by atoms with Crippen molar-refractivity contribution in [2.24, 2.45) is 16.5 Å². The zero-order valence-corrected chi connectivity index (χ0v) is 17.0. The van der Waals surface area contributed by atoms with E-state index in [1.165, 1.54) is 29.7 Å². The molecule has 0 fully saturated rings. The van der Waals surface area contributed by atoms with Gasteiger partial charge in [-0.05, 0) is 0 Å². The first kappa shape index (κ1) is 20.6. The summed E-state index contributed by atoms with van der Waals surface area (Å²) in [6.07, 6.45) is 3.38. The largest absolute Gasteiger partial charge is 0.370 e. The molecular formula is C17H20N8O2S2. The molecule has 7 N–H and O–H groups in total. The molecule has 0 radical (unpaired) electrons.